The molecule has 23 heavy (non-hydrogen) atoms. The molecule has 3 rings (SSSR count). The van der Waals surface area contributed by atoms with Crippen LogP contribution in [-0.2, 0) is 16.0 Å². The quantitative estimate of drug-likeness (QED) is 0.703. The summed E-state index contributed by atoms with van der Waals surface area (Å²) in [6.07, 6.45) is 0.523. The molecule has 2 heterocycles. The molecule has 0 fully saturated rings. The van der Waals surface area contributed by atoms with Crippen molar-refractivity contribution < 1.29 is 9.53 Å². The molecule has 0 bridgehead atoms. The first-order chi connectivity index (χ1) is 11.1. The Morgan fingerprint density at radius 1 is 1.35 bits per heavy atom. The zero-order valence-corrected chi connectivity index (χ0v) is 13.0. The molecule has 7 nitrogen and oxygen atoms in total. The molecule has 0 radical (unpaired) electrons. The standard InChI is InChI=1S/C16H18N4O3/c1-3-23-14(21)9-8-11-10(2)19-20(15(11)22)16-17-12-6-4-5-7-13(12)18-16/h4-7,19H,3,8-9H2,1-2H3,(H,17,18). The third-order valence-corrected chi connectivity index (χ3v) is 3.67. The molecule has 1 aromatic carbocycles. The lowest BCUT2D eigenvalue weighted by molar-refractivity contribution is -0.143. The van der Waals surface area contributed by atoms with Gasteiger partial charge < -0.3 is 9.72 Å². The summed E-state index contributed by atoms with van der Waals surface area (Å²) >= 11 is 0. The SMILES string of the molecule is CCOC(=O)CCc1c(C)[nH]n(-c2nc3ccccc3[nH]2)c1=O. The zero-order valence-electron chi connectivity index (χ0n) is 13.0. The Bertz CT molecular complexity index is 871. The number of nitrogens with one attached hydrogen (secondary N) is 2. The molecule has 7 heteroatoms. The molecule has 0 aliphatic heterocycles. The number of carbonyl (C=O) groups is 1. The lowest BCUT2D eigenvalue weighted by Gasteiger charge is -1.99. The van der Waals surface area contributed by atoms with Crippen LogP contribution >= 0.6 is 0 Å². The summed E-state index contributed by atoms with van der Waals surface area (Å²) in [6, 6.07) is 7.56. The van der Waals surface area contributed by atoms with Crippen molar-refractivity contribution in [1.29, 1.82) is 0 Å². The smallest absolute Gasteiger partial charge is 0.306 e. The van der Waals surface area contributed by atoms with Crippen LogP contribution in [0.4, 0.5) is 0 Å². The molecule has 0 spiro atoms. The number of esters is 1. The second kappa shape index (κ2) is 6.12. The number of nitrogens with zero attached hydrogens (tertiary/aromatic N) is 2. The summed E-state index contributed by atoms with van der Waals surface area (Å²) < 4.78 is 6.27. The van der Waals surface area contributed by atoms with Crippen LogP contribution in [0.3, 0.4) is 0 Å². The van der Waals surface area contributed by atoms with E-state index in [-0.39, 0.29) is 17.9 Å². The van der Waals surface area contributed by atoms with Gasteiger partial charge in [-0.15, -0.1) is 0 Å². The first kappa shape index (κ1) is 15.1. The van der Waals surface area contributed by atoms with Gasteiger partial charge in [-0.1, -0.05) is 12.1 Å². The minimum absolute atomic E-state index is 0.182. The molecule has 0 aliphatic rings. The van der Waals surface area contributed by atoms with Gasteiger partial charge in [-0.25, -0.2) is 4.98 Å². The number of rotatable bonds is 5. The number of carbonyl (C=O) groups excluding carboxylic acids is 1. The average molecular weight is 314 g/mol. The van der Waals surface area contributed by atoms with Crippen LogP contribution in [0.1, 0.15) is 24.6 Å². The Morgan fingerprint density at radius 3 is 2.87 bits per heavy atom. The third-order valence-electron chi connectivity index (χ3n) is 3.67. The van der Waals surface area contributed by atoms with Crippen molar-refractivity contribution in [3.05, 3.63) is 45.9 Å². The fourth-order valence-electron chi connectivity index (χ4n) is 2.53. The number of hydrogen-bond acceptors (Lipinski definition) is 4. The predicted molar refractivity (Wildman–Crippen MR) is 85.7 cm³/mol. The molecule has 120 valence electrons. The molecule has 3 aromatic rings. The number of aryl methyl sites for hydroxylation is 1. The molecule has 2 aromatic heterocycles. The summed E-state index contributed by atoms with van der Waals surface area (Å²) in [7, 11) is 0. The van der Waals surface area contributed by atoms with E-state index in [4.69, 9.17) is 4.74 Å². The van der Waals surface area contributed by atoms with E-state index in [0.717, 1.165) is 16.7 Å². The monoisotopic (exact) mass is 314 g/mol. The minimum atomic E-state index is -0.303. The van der Waals surface area contributed by atoms with Gasteiger partial charge in [0.05, 0.1) is 17.6 Å². The van der Waals surface area contributed by atoms with E-state index in [9.17, 15) is 9.59 Å². The first-order valence-corrected chi connectivity index (χ1v) is 7.51. The highest BCUT2D eigenvalue weighted by molar-refractivity contribution is 5.75. The Morgan fingerprint density at radius 2 is 2.13 bits per heavy atom. The van der Waals surface area contributed by atoms with Gasteiger partial charge in [-0.05, 0) is 32.4 Å². The maximum absolute atomic E-state index is 12.6. The van der Waals surface area contributed by atoms with Crippen molar-refractivity contribution in [3.63, 3.8) is 0 Å². The largest absolute Gasteiger partial charge is 0.466 e. The van der Waals surface area contributed by atoms with Crippen LogP contribution < -0.4 is 5.56 Å². The van der Waals surface area contributed by atoms with Gasteiger partial charge in [0.15, 0.2) is 0 Å². The maximum atomic E-state index is 12.6. The highest BCUT2D eigenvalue weighted by Crippen LogP contribution is 2.13. The average Bonchev–Trinajstić information content (AvgIpc) is 3.07. The lowest BCUT2D eigenvalue weighted by Crippen LogP contribution is -2.19. The molecule has 0 saturated heterocycles. The fourth-order valence-corrected chi connectivity index (χ4v) is 2.53. The number of benzene rings is 1. The van der Waals surface area contributed by atoms with Gasteiger partial charge in [0.25, 0.3) is 5.56 Å². The van der Waals surface area contributed by atoms with Gasteiger partial charge in [0.2, 0.25) is 5.95 Å². The molecule has 0 aliphatic carbocycles. The number of H-pyrrole nitrogens is 2. The summed E-state index contributed by atoms with van der Waals surface area (Å²) in [5, 5.41) is 3.00. The van der Waals surface area contributed by atoms with Crippen molar-refractivity contribution in [1.82, 2.24) is 19.7 Å². The Hall–Kier alpha value is -2.83. The summed E-state index contributed by atoms with van der Waals surface area (Å²) in [6.45, 7) is 3.91. The highest BCUT2D eigenvalue weighted by Gasteiger charge is 2.16. The molecule has 0 amide bonds. The number of para-hydroxylation sites is 2. The van der Waals surface area contributed by atoms with Crippen molar-refractivity contribution in [2.75, 3.05) is 6.61 Å². The van der Waals surface area contributed by atoms with Crippen molar-refractivity contribution >= 4 is 17.0 Å². The Balaban J connectivity index is 1.91. The third kappa shape index (κ3) is 2.90. The Labute approximate surface area is 132 Å². The second-order valence-corrected chi connectivity index (χ2v) is 5.24. The van der Waals surface area contributed by atoms with Crippen LogP contribution in [0.5, 0.6) is 0 Å². The normalized spacial score (nSPS) is 11.0. The summed E-state index contributed by atoms with van der Waals surface area (Å²) in [5.74, 6) is 0.129. The van der Waals surface area contributed by atoms with Crippen molar-refractivity contribution in [2.45, 2.75) is 26.7 Å². The molecule has 0 atom stereocenters. The molecule has 0 unspecified atom stereocenters. The lowest BCUT2D eigenvalue weighted by atomic mass is 10.1. The van der Waals surface area contributed by atoms with E-state index in [2.05, 4.69) is 15.1 Å². The van der Waals surface area contributed by atoms with E-state index < -0.39 is 0 Å². The van der Waals surface area contributed by atoms with E-state index in [1.165, 1.54) is 4.68 Å². The van der Waals surface area contributed by atoms with Gasteiger partial charge in [0.1, 0.15) is 0 Å². The van der Waals surface area contributed by atoms with Crippen LogP contribution in [0, 0.1) is 6.92 Å². The van der Waals surface area contributed by atoms with E-state index in [0.29, 0.717) is 24.5 Å². The summed E-state index contributed by atoms with van der Waals surface area (Å²) in [5.41, 5.74) is 2.73. The molecular formula is C16H18N4O3. The molecular weight excluding hydrogens is 296 g/mol. The number of aromatic amines is 2. The number of hydrogen-bond donors (Lipinski definition) is 2. The zero-order chi connectivity index (χ0) is 16.4. The highest BCUT2D eigenvalue weighted by atomic mass is 16.5. The van der Waals surface area contributed by atoms with Crippen LogP contribution in [-0.4, -0.2) is 32.3 Å². The van der Waals surface area contributed by atoms with Gasteiger partial charge in [-0.3, -0.25) is 14.7 Å². The first-order valence-electron chi connectivity index (χ1n) is 7.51. The maximum Gasteiger partial charge on any atom is 0.306 e. The minimum Gasteiger partial charge on any atom is -0.466 e. The summed E-state index contributed by atoms with van der Waals surface area (Å²) in [4.78, 5) is 31.5. The van der Waals surface area contributed by atoms with Gasteiger partial charge in [-0.2, -0.15) is 4.68 Å². The second-order valence-electron chi connectivity index (χ2n) is 5.24. The predicted octanol–water partition coefficient (Wildman–Crippen LogP) is 1.85. The van der Waals surface area contributed by atoms with Crippen LogP contribution in [0.15, 0.2) is 29.1 Å². The van der Waals surface area contributed by atoms with Crippen LogP contribution in [0.25, 0.3) is 17.0 Å². The molecule has 2 N–H and O–H groups in total. The van der Waals surface area contributed by atoms with Gasteiger partial charge >= 0.3 is 5.97 Å². The van der Waals surface area contributed by atoms with Gasteiger partial charge in [0, 0.05) is 17.7 Å². The van der Waals surface area contributed by atoms with Crippen molar-refractivity contribution in [2.24, 2.45) is 0 Å². The van der Waals surface area contributed by atoms with Crippen LogP contribution in [0.2, 0.25) is 0 Å². The number of fused-ring (bicyclic) bond motifs is 1. The van der Waals surface area contributed by atoms with E-state index >= 15 is 0 Å². The van der Waals surface area contributed by atoms with E-state index in [1.807, 2.05) is 24.3 Å². The molecule has 0 saturated carbocycles. The van der Waals surface area contributed by atoms with Crippen molar-refractivity contribution in [3.8, 4) is 5.95 Å². The van der Waals surface area contributed by atoms with E-state index in [1.54, 1.807) is 13.8 Å². The number of ether oxygens (including phenoxy) is 1. The number of aromatic nitrogens is 4. The fraction of sp³-hybridized carbons (Fsp3) is 0.312. The topological polar surface area (TPSA) is 92.8 Å². The number of imidazole rings is 1. The Kier molecular flexibility index (Phi) is 4.01.